The Morgan fingerprint density at radius 3 is 2.94 bits per heavy atom. The molecule has 0 aromatic heterocycles. The molecule has 0 aliphatic heterocycles. The van der Waals surface area contributed by atoms with Gasteiger partial charge in [0.05, 0.1) is 7.11 Å². The molecule has 1 aliphatic rings. The van der Waals surface area contributed by atoms with Crippen molar-refractivity contribution in [2.75, 3.05) is 7.11 Å². The van der Waals surface area contributed by atoms with Crippen LogP contribution in [-0.2, 0) is 28.8 Å². The fraction of sp³-hybridized carbons (Fsp3) is 0.500. The van der Waals surface area contributed by atoms with Crippen LogP contribution in [0.4, 0.5) is 0 Å². The van der Waals surface area contributed by atoms with Gasteiger partial charge in [0.2, 0.25) is 0 Å². The maximum absolute atomic E-state index is 11.3. The highest BCUT2D eigenvalue weighted by Gasteiger charge is 2.18. The zero-order chi connectivity index (χ0) is 12.3. The lowest BCUT2D eigenvalue weighted by Crippen LogP contribution is -2.34. The molecule has 1 aliphatic carbocycles. The van der Waals surface area contributed by atoms with E-state index in [0.29, 0.717) is 6.42 Å². The van der Waals surface area contributed by atoms with Gasteiger partial charge in [-0.25, -0.2) is 0 Å². The van der Waals surface area contributed by atoms with Gasteiger partial charge in [-0.3, -0.25) is 4.79 Å². The molecular formula is C14H19NO2. The second-order valence-corrected chi connectivity index (χ2v) is 4.60. The standard InChI is InChI=1S/C14H19NO2/c1-17-14(16)13(15)9-11-7-4-6-10-5-2-3-8-12(10)11/h4,6-7,13H,2-3,5,8-9,15H2,1H3/t13-/m1/s1. The molecule has 0 heterocycles. The molecule has 17 heavy (non-hydrogen) atoms. The van der Waals surface area contributed by atoms with Crippen LogP contribution in [0.15, 0.2) is 18.2 Å². The van der Waals surface area contributed by atoms with E-state index in [1.54, 1.807) is 0 Å². The first-order valence-corrected chi connectivity index (χ1v) is 6.15. The van der Waals surface area contributed by atoms with Crippen LogP contribution in [0.5, 0.6) is 0 Å². The van der Waals surface area contributed by atoms with Gasteiger partial charge in [0, 0.05) is 0 Å². The predicted octanol–water partition coefficient (Wildman–Crippen LogP) is 1.61. The predicted molar refractivity (Wildman–Crippen MR) is 66.8 cm³/mol. The molecule has 0 fully saturated rings. The number of carbonyl (C=O) groups is 1. The summed E-state index contributed by atoms with van der Waals surface area (Å²) in [6.45, 7) is 0. The number of aryl methyl sites for hydroxylation is 1. The molecule has 1 aromatic rings. The van der Waals surface area contributed by atoms with Gasteiger partial charge in [0.15, 0.2) is 0 Å². The molecule has 0 radical (unpaired) electrons. The Morgan fingerprint density at radius 1 is 1.41 bits per heavy atom. The molecule has 0 saturated heterocycles. The van der Waals surface area contributed by atoms with Crippen molar-refractivity contribution >= 4 is 5.97 Å². The van der Waals surface area contributed by atoms with Crippen molar-refractivity contribution in [1.29, 1.82) is 0 Å². The second kappa shape index (κ2) is 5.32. The molecule has 2 N–H and O–H groups in total. The van der Waals surface area contributed by atoms with Crippen LogP contribution in [0, 0.1) is 0 Å². The summed E-state index contributed by atoms with van der Waals surface area (Å²) in [5.74, 6) is -0.335. The van der Waals surface area contributed by atoms with Crippen LogP contribution in [0.3, 0.4) is 0 Å². The first kappa shape index (κ1) is 12.1. The lowest BCUT2D eigenvalue weighted by atomic mass is 9.86. The molecule has 0 amide bonds. The monoisotopic (exact) mass is 233 g/mol. The average molecular weight is 233 g/mol. The Morgan fingerprint density at radius 2 is 2.18 bits per heavy atom. The van der Waals surface area contributed by atoms with Gasteiger partial charge >= 0.3 is 5.97 Å². The van der Waals surface area contributed by atoms with E-state index in [0.717, 1.165) is 12.8 Å². The number of hydrogen-bond donors (Lipinski definition) is 1. The zero-order valence-corrected chi connectivity index (χ0v) is 10.2. The van der Waals surface area contributed by atoms with Gasteiger partial charge < -0.3 is 10.5 Å². The van der Waals surface area contributed by atoms with Crippen molar-refractivity contribution in [3.8, 4) is 0 Å². The molecule has 92 valence electrons. The Hall–Kier alpha value is -1.35. The second-order valence-electron chi connectivity index (χ2n) is 4.60. The Bertz CT molecular complexity index is 415. The van der Waals surface area contributed by atoms with Gasteiger partial charge in [-0.2, -0.15) is 0 Å². The van der Waals surface area contributed by atoms with E-state index in [1.807, 2.05) is 0 Å². The van der Waals surface area contributed by atoms with Crippen LogP contribution in [0.2, 0.25) is 0 Å². The number of carbonyl (C=O) groups excluding carboxylic acids is 1. The van der Waals surface area contributed by atoms with E-state index in [9.17, 15) is 4.79 Å². The van der Waals surface area contributed by atoms with Gasteiger partial charge in [-0.05, 0) is 48.8 Å². The van der Waals surface area contributed by atoms with Gasteiger partial charge in [0.1, 0.15) is 6.04 Å². The Kier molecular flexibility index (Phi) is 3.79. The number of ether oxygens (including phenoxy) is 1. The maximum Gasteiger partial charge on any atom is 0.322 e. The van der Waals surface area contributed by atoms with Gasteiger partial charge in [-0.15, -0.1) is 0 Å². The average Bonchev–Trinajstić information content (AvgIpc) is 2.38. The van der Waals surface area contributed by atoms with Crippen molar-refractivity contribution < 1.29 is 9.53 Å². The minimum absolute atomic E-state index is 0.335. The number of hydrogen-bond acceptors (Lipinski definition) is 3. The van der Waals surface area contributed by atoms with Crippen molar-refractivity contribution in [2.45, 2.75) is 38.1 Å². The first-order valence-electron chi connectivity index (χ1n) is 6.15. The smallest absolute Gasteiger partial charge is 0.322 e. The highest BCUT2D eigenvalue weighted by atomic mass is 16.5. The topological polar surface area (TPSA) is 52.3 Å². The summed E-state index contributed by atoms with van der Waals surface area (Å²) in [5, 5.41) is 0. The molecule has 3 nitrogen and oxygen atoms in total. The van der Waals surface area contributed by atoms with E-state index >= 15 is 0 Å². The molecule has 1 aromatic carbocycles. The fourth-order valence-corrected chi connectivity index (χ4v) is 2.52. The number of fused-ring (bicyclic) bond motifs is 1. The highest BCUT2D eigenvalue weighted by Crippen LogP contribution is 2.25. The summed E-state index contributed by atoms with van der Waals surface area (Å²) in [6.07, 6.45) is 5.34. The molecule has 0 spiro atoms. The summed E-state index contributed by atoms with van der Waals surface area (Å²) >= 11 is 0. The van der Waals surface area contributed by atoms with Crippen molar-refractivity contribution in [2.24, 2.45) is 5.73 Å². The summed E-state index contributed by atoms with van der Waals surface area (Å²) in [7, 11) is 1.38. The normalized spacial score (nSPS) is 16.1. The van der Waals surface area contributed by atoms with E-state index in [2.05, 4.69) is 22.9 Å². The summed E-state index contributed by atoms with van der Waals surface area (Å²) in [5.41, 5.74) is 9.85. The number of rotatable bonds is 3. The van der Waals surface area contributed by atoms with Crippen LogP contribution < -0.4 is 5.73 Å². The molecular weight excluding hydrogens is 214 g/mol. The van der Waals surface area contributed by atoms with Crippen LogP contribution in [0.25, 0.3) is 0 Å². The highest BCUT2D eigenvalue weighted by molar-refractivity contribution is 5.75. The fourth-order valence-electron chi connectivity index (χ4n) is 2.52. The van der Waals surface area contributed by atoms with E-state index < -0.39 is 6.04 Å². The molecule has 3 heteroatoms. The summed E-state index contributed by atoms with van der Waals surface area (Å²) < 4.78 is 4.66. The number of benzene rings is 1. The van der Waals surface area contributed by atoms with Gasteiger partial charge in [0.25, 0.3) is 0 Å². The van der Waals surface area contributed by atoms with Crippen LogP contribution in [-0.4, -0.2) is 19.1 Å². The van der Waals surface area contributed by atoms with Crippen LogP contribution >= 0.6 is 0 Å². The van der Waals surface area contributed by atoms with E-state index in [-0.39, 0.29) is 5.97 Å². The van der Waals surface area contributed by atoms with E-state index in [4.69, 9.17) is 5.73 Å². The molecule has 2 rings (SSSR count). The third-order valence-electron chi connectivity index (χ3n) is 3.44. The SMILES string of the molecule is COC(=O)[C@H](N)Cc1cccc2c1CCCC2. The Labute approximate surface area is 102 Å². The minimum Gasteiger partial charge on any atom is -0.468 e. The first-order chi connectivity index (χ1) is 8.22. The Balaban J connectivity index is 2.18. The van der Waals surface area contributed by atoms with Gasteiger partial charge in [-0.1, -0.05) is 18.2 Å². The zero-order valence-electron chi connectivity index (χ0n) is 10.2. The van der Waals surface area contributed by atoms with Crippen molar-refractivity contribution in [3.63, 3.8) is 0 Å². The third-order valence-corrected chi connectivity index (χ3v) is 3.44. The number of esters is 1. The minimum atomic E-state index is -0.548. The number of methoxy groups -OCH3 is 1. The molecule has 0 bridgehead atoms. The lowest BCUT2D eigenvalue weighted by Gasteiger charge is -2.20. The summed E-state index contributed by atoms with van der Waals surface area (Å²) in [4.78, 5) is 11.3. The maximum atomic E-state index is 11.3. The van der Waals surface area contributed by atoms with Crippen LogP contribution in [0.1, 0.15) is 29.5 Å². The third kappa shape index (κ3) is 2.67. The lowest BCUT2D eigenvalue weighted by molar-refractivity contribution is -0.142. The largest absolute Gasteiger partial charge is 0.468 e. The van der Waals surface area contributed by atoms with Crippen molar-refractivity contribution in [3.05, 3.63) is 34.9 Å². The molecule has 1 atom stereocenters. The summed E-state index contributed by atoms with van der Waals surface area (Å²) in [6, 6.07) is 5.77. The number of nitrogens with two attached hydrogens (primary N) is 1. The molecule has 0 unspecified atom stereocenters. The quantitative estimate of drug-likeness (QED) is 0.807. The molecule has 0 saturated carbocycles. The van der Waals surface area contributed by atoms with Crippen molar-refractivity contribution in [1.82, 2.24) is 0 Å². The van der Waals surface area contributed by atoms with E-state index in [1.165, 1.54) is 36.6 Å².